The predicted molar refractivity (Wildman–Crippen MR) is 65.4 cm³/mol. The number of aromatic carboxylic acids is 2. The van der Waals surface area contributed by atoms with Crippen LogP contribution in [0.25, 0.3) is 0 Å². The summed E-state index contributed by atoms with van der Waals surface area (Å²) in [6, 6.07) is 3.78. The van der Waals surface area contributed by atoms with E-state index in [2.05, 4.69) is 0 Å². The molecule has 1 atom stereocenters. The molecule has 1 unspecified atom stereocenters. The number of ether oxygens (including phenoxy) is 1. The molecular formula is C13H16O5. The van der Waals surface area contributed by atoms with E-state index in [0.717, 1.165) is 18.9 Å². The molecule has 1 aromatic rings. The molecule has 0 aromatic heterocycles. The lowest BCUT2D eigenvalue weighted by Crippen LogP contribution is -2.12. The largest absolute Gasteiger partial charge is 0.491 e. The number of carboxylic acid groups (broad SMARTS) is 2. The molecule has 1 aromatic carbocycles. The van der Waals surface area contributed by atoms with Crippen LogP contribution in [0.4, 0.5) is 0 Å². The van der Waals surface area contributed by atoms with Crippen molar-refractivity contribution in [3.05, 3.63) is 29.3 Å². The second-order valence-corrected chi connectivity index (χ2v) is 4.07. The molecule has 0 fully saturated rings. The third-order valence-corrected chi connectivity index (χ3v) is 2.43. The first-order valence-corrected chi connectivity index (χ1v) is 5.72. The second kappa shape index (κ2) is 6.05. The zero-order valence-corrected chi connectivity index (χ0v) is 10.3. The van der Waals surface area contributed by atoms with E-state index in [0.29, 0.717) is 0 Å². The quantitative estimate of drug-likeness (QED) is 0.813. The van der Waals surface area contributed by atoms with E-state index < -0.39 is 11.9 Å². The van der Waals surface area contributed by atoms with Gasteiger partial charge < -0.3 is 14.9 Å². The molecule has 5 heteroatoms. The van der Waals surface area contributed by atoms with Crippen molar-refractivity contribution in [3.8, 4) is 5.75 Å². The van der Waals surface area contributed by atoms with Gasteiger partial charge >= 0.3 is 11.9 Å². The summed E-state index contributed by atoms with van der Waals surface area (Å²) in [5, 5.41) is 17.8. The molecule has 18 heavy (non-hydrogen) atoms. The van der Waals surface area contributed by atoms with Crippen molar-refractivity contribution < 1.29 is 24.5 Å². The van der Waals surface area contributed by atoms with Gasteiger partial charge in [-0.3, -0.25) is 0 Å². The molecular weight excluding hydrogens is 236 g/mol. The van der Waals surface area contributed by atoms with E-state index in [9.17, 15) is 9.59 Å². The van der Waals surface area contributed by atoms with E-state index in [-0.39, 0.29) is 23.0 Å². The number of hydrogen-bond donors (Lipinski definition) is 2. The van der Waals surface area contributed by atoms with Gasteiger partial charge in [-0.1, -0.05) is 13.3 Å². The van der Waals surface area contributed by atoms with Gasteiger partial charge in [-0.25, -0.2) is 9.59 Å². The minimum atomic E-state index is -1.17. The molecule has 0 aliphatic carbocycles. The van der Waals surface area contributed by atoms with E-state index in [1.165, 1.54) is 12.1 Å². The first-order valence-electron chi connectivity index (χ1n) is 5.72. The van der Waals surface area contributed by atoms with E-state index in [1.807, 2.05) is 13.8 Å². The summed E-state index contributed by atoms with van der Waals surface area (Å²) in [6.07, 6.45) is 1.67. The maximum absolute atomic E-state index is 10.9. The number of benzene rings is 1. The molecule has 0 bridgehead atoms. The fourth-order valence-electron chi connectivity index (χ4n) is 1.61. The van der Waals surface area contributed by atoms with Crippen LogP contribution in [0.1, 0.15) is 47.4 Å². The van der Waals surface area contributed by atoms with Crippen LogP contribution in [0.15, 0.2) is 18.2 Å². The summed E-state index contributed by atoms with van der Waals surface area (Å²) >= 11 is 0. The topological polar surface area (TPSA) is 83.8 Å². The van der Waals surface area contributed by atoms with Gasteiger partial charge in [-0.05, 0) is 31.5 Å². The minimum Gasteiger partial charge on any atom is -0.491 e. The molecule has 5 nitrogen and oxygen atoms in total. The lowest BCUT2D eigenvalue weighted by atomic mass is 10.1. The average Bonchev–Trinajstić information content (AvgIpc) is 2.28. The highest BCUT2D eigenvalue weighted by molar-refractivity contribution is 5.94. The zero-order valence-electron chi connectivity index (χ0n) is 10.3. The average molecular weight is 252 g/mol. The Bertz CT molecular complexity index is 420. The first kappa shape index (κ1) is 14.0. The SMILES string of the molecule is CCCC(C)Oc1cc(C(=O)O)cc(C(=O)O)c1. The minimum absolute atomic E-state index is 0.0827. The van der Waals surface area contributed by atoms with Gasteiger partial charge in [0.25, 0.3) is 0 Å². The Morgan fingerprint density at radius 3 is 2.06 bits per heavy atom. The molecule has 0 heterocycles. The number of rotatable bonds is 6. The van der Waals surface area contributed by atoms with Crippen LogP contribution in [0.3, 0.4) is 0 Å². The van der Waals surface area contributed by atoms with E-state index in [1.54, 1.807) is 0 Å². The van der Waals surface area contributed by atoms with Crippen LogP contribution in [-0.4, -0.2) is 28.3 Å². The Hall–Kier alpha value is -2.04. The fraction of sp³-hybridized carbons (Fsp3) is 0.385. The zero-order chi connectivity index (χ0) is 13.7. The lowest BCUT2D eigenvalue weighted by Gasteiger charge is -2.14. The van der Waals surface area contributed by atoms with E-state index >= 15 is 0 Å². The van der Waals surface area contributed by atoms with Crippen molar-refractivity contribution in [3.63, 3.8) is 0 Å². The molecule has 0 saturated carbocycles. The van der Waals surface area contributed by atoms with Gasteiger partial charge in [0.15, 0.2) is 0 Å². The Morgan fingerprint density at radius 2 is 1.67 bits per heavy atom. The maximum atomic E-state index is 10.9. The number of carboxylic acids is 2. The molecule has 0 aliphatic heterocycles. The summed E-state index contributed by atoms with van der Waals surface area (Å²) < 4.78 is 5.51. The first-order chi connectivity index (χ1) is 8.43. The van der Waals surface area contributed by atoms with Crippen LogP contribution in [0.5, 0.6) is 5.75 Å². The monoisotopic (exact) mass is 252 g/mol. The third kappa shape index (κ3) is 3.76. The number of hydrogen-bond acceptors (Lipinski definition) is 3. The molecule has 0 amide bonds. The molecule has 1 rings (SSSR count). The van der Waals surface area contributed by atoms with Crippen molar-refractivity contribution in [2.24, 2.45) is 0 Å². The van der Waals surface area contributed by atoms with Gasteiger partial charge in [0, 0.05) is 0 Å². The Kier molecular flexibility index (Phi) is 4.71. The Balaban J connectivity index is 3.03. The Labute approximate surface area is 105 Å². The highest BCUT2D eigenvalue weighted by Crippen LogP contribution is 2.20. The van der Waals surface area contributed by atoms with Crippen molar-refractivity contribution in [2.45, 2.75) is 32.8 Å². The standard InChI is InChI=1S/C13H16O5/c1-3-4-8(2)18-11-6-9(12(14)15)5-10(7-11)13(16)17/h5-8H,3-4H2,1-2H3,(H,14,15)(H,16,17). The summed E-state index contributed by atoms with van der Waals surface area (Å²) in [5.41, 5.74) is -0.179. The highest BCUT2D eigenvalue weighted by Gasteiger charge is 2.13. The van der Waals surface area contributed by atoms with Crippen LogP contribution in [-0.2, 0) is 0 Å². The second-order valence-electron chi connectivity index (χ2n) is 4.07. The summed E-state index contributed by atoms with van der Waals surface area (Å²) in [4.78, 5) is 21.8. The van der Waals surface area contributed by atoms with Gasteiger partial charge in [0.2, 0.25) is 0 Å². The van der Waals surface area contributed by atoms with Crippen molar-refractivity contribution in [1.82, 2.24) is 0 Å². The van der Waals surface area contributed by atoms with Crippen LogP contribution in [0.2, 0.25) is 0 Å². The van der Waals surface area contributed by atoms with Crippen LogP contribution >= 0.6 is 0 Å². The van der Waals surface area contributed by atoms with Gasteiger partial charge in [-0.15, -0.1) is 0 Å². The summed E-state index contributed by atoms with van der Waals surface area (Å²) in [7, 11) is 0. The lowest BCUT2D eigenvalue weighted by molar-refractivity contribution is 0.0696. The normalized spacial score (nSPS) is 11.9. The fourth-order valence-corrected chi connectivity index (χ4v) is 1.61. The molecule has 98 valence electrons. The van der Waals surface area contributed by atoms with Crippen molar-refractivity contribution in [2.75, 3.05) is 0 Å². The predicted octanol–water partition coefficient (Wildman–Crippen LogP) is 2.65. The van der Waals surface area contributed by atoms with Crippen LogP contribution in [0, 0.1) is 0 Å². The Morgan fingerprint density at radius 1 is 1.17 bits per heavy atom. The number of carbonyl (C=O) groups is 2. The van der Waals surface area contributed by atoms with Crippen molar-refractivity contribution in [1.29, 1.82) is 0 Å². The van der Waals surface area contributed by atoms with Gasteiger partial charge in [-0.2, -0.15) is 0 Å². The van der Waals surface area contributed by atoms with E-state index in [4.69, 9.17) is 14.9 Å². The van der Waals surface area contributed by atoms with Crippen molar-refractivity contribution >= 4 is 11.9 Å². The highest BCUT2D eigenvalue weighted by atomic mass is 16.5. The molecule has 0 aliphatic rings. The smallest absolute Gasteiger partial charge is 0.335 e. The third-order valence-electron chi connectivity index (χ3n) is 2.43. The van der Waals surface area contributed by atoms with Crippen LogP contribution < -0.4 is 4.74 Å². The van der Waals surface area contributed by atoms with Gasteiger partial charge in [0.1, 0.15) is 5.75 Å². The summed E-state index contributed by atoms with van der Waals surface area (Å²) in [5.74, 6) is -2.08. The molecule has 0 saturated heterocycles. The molecule has 2 N–H and O–H groups in total. The van der Waals surface area contributed by atoms with Gasteiger partial charge in [0.05, 0.1) is 17.2 Å². The molecule has 0 spiro atoms. The maximum Gasteiger partial charge on any atom is 0.335 e. The molecule has 0 radical (unpaired) electrons. The summed E-state index contributed by atoms with van der Waals surface area (Å²) in [6.45, 7) is 3.87.